The molecule has 0 saturated carbocycles. The van der Waals surface area contributed by atoms with Crippen molar-refractivity contribution >= 4 is 0 Å². The van der Waals surface area contributed by atoms with Crippen LogP contribution in [0.1, 0.15) is 33.7 Å². The largest absolute Gasteiger partial charge is 0.508 e. The van der Waals surface area contributed by atoms with E-state index in [0.717, 1.165) is 16.7 Å². The predicted octanol–water partition coefficient (Wildman–Crippen LogP) is 4.09. The third-order valence-electron chi connectivity index (χ3n) is 5.50. The van der Waals surface area contributed by atoms with Crippen molar-refractivity contribution in [3.8, 4) is 23.0 Å². The van der Waals surface area contributed by atoms with Gasteiger partial charge in [0.2, 0.25) is 0 Å². The number of aliphatic hydroxyl groups excluding tert-OH is 2. The zero-order valence-corrected chi connectivity index (χ0v) is 18.8. The van der Waals surface area contributed by atoms with Crippen LogP contribution in [-0.2, 0) is 6.61 Å². The van der Waals surface area contributed by atoms with E-state index in [9.17, 15) is 15.3 Å². The molecule has 3 aromatic carbocycles. The summed E-state index contributed by atoms with van der Waals surface area (Å²) in [6.07, 6.45) is -0.737. The molecule has 170 valence electrons. The van der Waals surface area contributed by atoms with Gasteiger partial charge in [0.15, 0.2) is 11.5 Å². The molecule has 0 aromatic heterocycles. The van der Waals surface area contributed by atoms with E-state index in [1.54, 1.807) is 32.4 Å². The van der Waals surface area contributed by atoms with Gasteiger partial charge in [-0.15, -0.1) is 0 Å². The average molecular weight is 439 g/mol. The van der Waals surface area contributed by atoms with Gasteiger partial charge in [0, 0.05) is 11.1 Å². The lowest BCUT2D eigenvalue weighted by molar-refractivity contribution is 0.0989. The van der Waals surface area contributed by atoms with Gasteiger partial charge in [-0.3, -0.25) is 0 Å². The maximum Gasteiger partial charge on any atom is 0.161 e. The van der Waals surface area contributed by atoms with Crippen LogP contribution in [0.2, 0.25) is 0 Å². The van der Waals surface area contributed by atoms with E-state index in [1.807, 2.05) is 50.2 Å². The average Bonchev–Trinajstić information content (AvgIpc) is 2.81. The Bertz CT molecular complexity index is 1060. The Balaban J connectivity index is 2.14. The molecule has 0 heterocycles. The minimum absolute atomic E-state index is 0.0971. The summed E-state index contributed by atoms with van der Waals surface area (Å²) < 4.78 is 17.1. The van der Waals surface area contributed by atoms with Crippen molar-refractivity contribution in [2.45, 2.75) is 32.5 Å². The Morgan fingerprint density at radius 3 is 2.09 bits per heavy atom. The number of methoxy groups -OCH3 is 2. The molecular weight excluding hydrogens is 408 g/mol. The molecule has 0 amide bonds. The molecule has 6 heteroatoms. The summed E-state index contributed by atoms with van der Waals surface area (Å²) in [5, 5.41) is 30.9. The minimum atomic E-state index is -0.737. The van der Waals surface area contributed by atoms with Crippen molar-refractivity contribution in [3.05, 3.63) is 82.4 Å². The summed E-state index contributed by atoms with van der Waals surface area (Å²) in [6.45, 7) is 3.37. The van der Waals surface area contributed by atoms with E-state index in [1.165, 1.54) is 0 Å². The molecule has 0 bridgehead atoms. The van der Waals surface area contributed by atoms with Crippen LogP contribution in [0.3, 0.4) is 0 Å². The molecule has 0 saturated heterocycles. The Hall–Kier alpha value is -3.22. The molecule has 3 rings (SSSR count). The van der Waals surface area contributed by atoms with Crippen molar-refractivity contribution in [1.82, 2.24) is 0 Å². The van der Waals surface area contributed by atoms with E-state index in [4.69, 9.17) is 14.2 Å². The van der Waals surface area contributed by atoms with Crippen molar-refractivity contribution < 1.29 is 29.5 Å². The summed E-state index contributed by atoms with van der Waals surface area (Å²) in [7, 11) is 3.11. The Morgan fingerprint density at radius 1 is 0.781 bits per heavy atom. The molecule has 0 fully saturated rings. The number of hydrogen-bond donors (Lipinski definition) is 3. The number of aromatic hydroxyl groups is 1. The number of ether oxygens (including phenoxy) is 3. The fourth-order valence-corrected chi connectivity index (χ4v) is 3.88. The highest BCUT2D eigenvalue weighted by Crippen LogP contribution is 2.39. The van der Waals surface area contributed by atoms with Gasteiger partial charge in [-0.05, 0) is 55.3 Å². The van der Waals surface area contributed by atoms with Crippen LogP contribution in [0.15, 0.2) is 54.6 Å². The van der Waals surface area contributed by atoms with Gasteiger partial charge < -0.3 is 29.5 Å². The topological polar surface area (TPSA) is 88.4 Å². The van der Waals surface area contributed by atoms with Gasteiger partial charge in [0.1, 0.15) is 17.6 Å². The lowest BCUT2D eigenvalue weighted by Crippen LogP contribution is -2.30. The molecule has 2 atom stereocenters. The van der Waals surface area contributed by atoms with E-state index in [-0.39, 0.29) is 19.0 Å². The number of phenolic OH excluding ortho intramolecular Hbond substituents is 1. The van der Waals surface area contributed by atoms with Crippen LogP contribution < -0.4 is 14.2 Å². The fourth-order valence-electron chi connectivity index (χ4n) is 3.88. The lowest BCUT2D eigenvalue weighted by Gasteiger charge is -2.29. The third-order valence-corrected chi connectivity index (χ3v) is 5.50. The van der Waals surface area contributed by atoms with Crippen molar-refractivity contribution in [3.63, 3.8) is 0 Å². The quantitative estimate of drug-likeness (QED) is 0.466. The first-order valence-electron chi connectivity index (χ1n) is 10.4. The van der Waals surface area contributed by atoms with Crippen LogP contribution in [0.4, 0.5) is 0 Å². The van der Waals surface area contributed by atoms with Crippen LogP contribution >= 0.6 is 0 Å². The Morgan fingerprint density at radius 2 is 1.44 bits per heavy atom. The van der Waals surface area contributed by atoms with Gasteiger partial charge in [-0.25, -0.2) is 0 Å². The number of aryl methyl sites for hydroxylation is 2. The summed E-state index contributed by atoms with van der Waals surface area (Å²) in [6, 6.07) is 16.3. The first kappa shape index (κ1) is 23.4. The van der Waals surface area contributed by atoms with Crippen LogP contribution in [0.5, 0.6) is 23.0 Å². The minimum Gasteiger partial charge on any atom is -0.508 e. The highest BCUT2D eigenvalue weighted by Gasteiger charge is 2.30. The normalized spacial score (nSPS) is 12.8. The van der Waals surface area contributed by atoms with Gasteiger partial charge in [-0.2, -0.15) is 0 Å². The molecule has 0 aliphatic heterocycles. The summed E-state index contributed by atoms with van der Waals surface area (Å²) in [5.41, 5.74) is 3.96. The van der Waals surface area contributed by atoms with Crippen molar-refractivity contribution in [2.24, 2.45) is 0 Å². The number of aliphatic hydroxyl groups is 2. The number of hydrogen-bond acceptors (Lipinski definition) is 6. The Labute approximate surface area is 188 Å². The van der Waals surface area contributed by atoms with Crippen LogP contribution in [0, 0.1) is 13.8 Å². The number of phenols is 1. The molecule has 6 nitrogen and oxygen atoms in total. The van der Waals surface area contributed by atoms with Gasteiger partial charge in [-0.1, -0.05) is 29.8 Å². The second kappa shape index (κ2) is 10.4. The van der Waals surface area contributed by atoms with E-state index in [0.29, 0.717) is 28.4 Å². The zero-order chi connectivity index (χ0) is 23.3. The van der Waals surface area contributed by atoms with E-state index >= 15 is 0 Å². The molecule has 0 aliphatic rings. The van der Waals surface area contributed by atoms with Crippen molar-refractivity contribution in [2.75, 3.05) is 20.8 Å². The Kier molecular flexibility index (Phi) is 7.62. The standard InChI is InChI=1S/C26H30O6/c1-16-5-8-21(29)20(11-16)26(18-7-10-22(30-3)19(13-18)14-27)25(15-28)32-23-9-6-17(2)12-24(23)31-4/h5-13,25-29H,14-15H2,1-4H3. The summed E-state index contributed by atoms with van der Waals surface area (Å²) >= 11 is 0. The highest BCUT2D eigenvalue weighted by molar-refractivity contribution is 5.48. The molecular formula is C26H30O6. The van der Waals surface area contributed by atoms with E-state index in [2.05, 4.69) is 0 Å². The molecule has 2 unspecified atom stereocenters. The summed E-state index contributed by atoms with van der Waals surface area (Å²) in [4.78, 5) is 0. The molecule has 0 radical (unpaired) electrons. The predicted molar refractivity (Wildman–Crippen MR) is 123 cm³/mol. The second-order valence-electron chi connectivity index (χ2n) is 7.76. The summed E-state index contributed by atoms with van der Waals surface area (Å²) in [5.74, 6) is 1.18. The zero-order valence-electron chi connectivity index (χ0n) is 18.8. The fraction of sp³-hybridized carbons (Fsp3) is 0.308. The first-order valence-corrected chi connectivity index (χ1v) is 10.4. The molecule has 3 aromatic rings. The van der Waals surface area contributed by atoms with Gasteiger partial charge in [0.05, 0.1) is 33.4 Å². The van der Waals surface area contributed by atoms with Gasteiger partial charge in [0.25, 0.3) is 0 Å². The third kappa shape index (κ3) is 4.98. The maximum atomic E-state index is 10.7. The molecule has 32 heavy (non-hydrogen) atoms. The number of benzene rings is 3. The number of rotatable bonds is 9. The van der Waals surface area contributed by atoms with Crippen LogP contribution in [0.25, 0.3) is 0 Å². The van der Waals surface area contributed by atoms with Crippen LogP contribution in [-0.4, -0.2) is 42.3 Å². The maximum absolute atomic E-state index is 10.7. The monoisotopic (exact) mass is 438 g/mol. The van der Waals surface area contributed by atoms with E-state index < -0.39 is 12.0 Å². The molecule has 0 aliphatic carbocycles. The second-order valence-corrected chi connectivity index (χ2v) is 7.76. The highest BCUT2D eigenvalue weighted by atomic mass is 16.5. The lowest BCUT2D eigenvalue weighted by atomic mass is 9.84. The van der Waals surface area contributed by atoms with Crippen molar-refractivity contribution in [1.29, 1.82) is 0 Å². The molecule has 0 spiro atoms. The first-order chi connectivity index (χ1) is 15.4. The smallest absolute Gasteiger partial charge is 0.161 e. The SMILES string of the molecule is COc1ccc(C(c2cc(C)ccc2O)C(CO)Oc2ccc(C)cc2OC)cc1CO. The molecule has 3 N–H and O–H groups in total. The van der Waals surface area contributed by atoms with Gasteiger partial charge >= 0.3 is 0 Å².